The molecule has 96 valence electrons. The summed E-state index contributed by atoms with van der Waals surface area (Å²) in [4.78, 5) is 5.69. The number of benzene rings is 1. The van der Waals surface area contributed by atoms with Crippen molar-refractivity contribution in [3.63, 3.8) is 0 Å². The largest absolute Gasteiger partial charge is 0.377 e. The summed E-state index contributed by atoms with van der Waals surface area (Å²) in [6, 6.07) is 12.6. The number of hydrogen-bond acceptors (Lipinski definition) is 3. The number of nitrogens with one attached hydrogen (secondary N) is 1. The fourth-order valence-corrected chi connectivity index (χ4v) is 3.87. The second kappa shape index (κ2) is 5.31. The number of thiophene rings is 1. The first-order chi connectivity index (χ1) is 9.25. The van der Waals surface area contributed by atoms with E-state index in [4.69, 9.17) is 0 Å². The fourth-order valence-electron chi connectivity index (χ4n) is 2.14. The van der Waals surface area contributed by atoms with E-state index >= 15 is 0 Å². The maximum atomic E-state index is 4.38. The minimum atomic E-state index is 0.264. The third kappa shape index (κ3) is 2.51. The first-order valence-electron chi connectivity index (χ1n) is 6.09. The molecule has 0 aliphatic heterocycles. The lowest BCUT2D eigenvalue weighted by atomic mass is 10.1. The number of halogens is 1. The van der Waals surface area contributed by atoms with Crippen LogP contribution >= 0.6 is 27.3 Å². The van der Waals surface area contributed by atoms with E-state index in [0.717, 1.165) is 21.1 Å². The normalized spacial score (nSPS) is 12.5. The third-order valence-electron chi connectivity index (χ3n) is 3.06. The summed E-state index contributed by atoms with van der Waals surface area (Å²) >= 11 is 5.35. The highest BCUT2D eigenvalue weighted by atomic mass is 79.9. The smallest absolute Gasteiger partial charge is 0.0722 e. The summed E-state index contributed by atoms with van der Waals surface area (Å²) in [5.41, 5.74) is 2.14. The first kappa shape index (κ1) is 12.6. The van der Waals surface area contributed by atoms with Gasteiger partial charge < -0.3 is 5.32 Å². The van der Waals surface area contributed by atoms with E-state index in [1.54, 1.807) is 11.3 Å². The number of fused-ring (bicyclic) bond motifs is 1. The SMILES string of the molecule is CC(Nc1cccc2ncccc12)c1sccc1Br. The number of pyridine rings is 1. The number of nitrogens with zero attached hydrogens (tertiary/aromatic N) is 1. The molecule has 1 N–H and O–H groups in total. The van der Waals surface area contributed by atoms with Crippen molar-refractivity contribution in [2.45, 2.75) is 13.0 Å². The molecule has 4 heteroatoms. The Hall–Kier alpha value is -1.39. The van der Waals surface area contributed by atoms with Gasteiger partial charge >= 0.3 is 0 Å². The molecule has 0 bridgehead atoms. The summed E-state index contributed by atoms with van der Waals surface area (Å²) in [5.74, 6) is 0. The molecule has 0 radical (unpaired) electrons. The number of hydrogen-bond donors (Lipinski definition) is 1. The Kier molecular flexibility index (Phi) is 3.53. The van der Waals surface area contributed by atoms with Gasteiger partial charge in [0.25, 0.3) is 0 Å². The van der Waals surface area contributed by atoms with Gasteiger partial charge in [-0.05, 0) is 58.6 Å². The van der Waals surface area contributed by atoms with Crippen LogP contribution in [-0.2, 0) is 0 Å². The maximum Gasteiger partial charge on any atom is 0.0722 e. The lowest BCUT2D eigenvalue weighted by Gasteiger charge is -2.16. The van der Waals surface area contributed by atoms with Crippen molar-refractivity contribution in [3.05, 3.63) is 57.3 Å². The Morgan fingerprint density at radius 1 is 1.21 bits per heavy atom. The quantitative estimate of drug-likeness (QED) is 0.710. The van der Waals surface area contributed by atoms with Gasteiger partial charge in [-0.25, -0.2) is 0 Å². The molecule has 0 fully saturated rings. The maximum absolute atomic E-state index is 4.38. The number of aromatic nitrogens is 1. The lowest BCUT2D eigenvalue weighted by molar-refractivity contribution is 0.905. The Morgan fingerprint density at radius 3 is 2.89 bits per heavy atom. The van der Waals surface area contributed by atoms with Crippen LogP contribution in [0.5, 0.6) is 0 Å². The van der Waals surface area contributed by atoms with Crippen LogP contribution in [0.3, 0.4) is 0 Å². The van der Waals surface area contributed by atoms with Crippen molar-refractivity contribution in [1.82, 2.24) is 4.98 Å². The van der Waals surface area contributed by atoms with Gasteiger partial charge in [0.1, 0.15) is 0 Å². The molecule has 1 unspecified atom stereocenters. The first-order valence-corrected chi connectivity index (χ1v) is 7.76. The molecule has 2 nitrogen and oxygen atoms in total. The molecule has 3 rings (SSSR count). The molecule has 1 aromatic carbocycles. The molecular formula is C15H13BrN2S. The highest BCUT2D eigenvalue weighted by molar-refractivity contribution is 9.10. The van der Waals surface area contributed by atoms with Crippen molar-refractivity contribution >= 4 is 43.9 Å². The topological polar surface area (TPSA) is 24.9 Å². The van der Waals surface area contributed by atoms with E-state index < -0.39 is 0 Å². The molecule has 0 saturated heterocycles. The molecule has 19 heavy (non-hydrogen) atoms. The standard InChI is InChI=1S/C15H13BrN2S/c1-10(15-12(16)7-9-19-15)18-14-6-2-5-13-11(14)4-3-8-17-13/h2-10,18H,1H3. The van der Waals surface area contributed by atoms with E-state index in [-0.39, 0.29) is 6.04 Å². The van der Waals surface area contributed by atoms with Gasteiger partial charge in [-0.15, -0.1) is 11.3 Å². The average molecular weight is 333 g/mol. The second-order valence-corrected chi connectivity index (χ2v) is 6.18. The summed E-state index contributed by atoms with van der Waals surface area (Å²) in [6.45, 7) is 2.17. The molecule has 0 saturated carbocycles. The number of rotatable bonds is 3. The van der Waals surface area contributed by atoms with Gasteiger partial charge in [0.05, 0.1) is 11.6 Å². The van der Waals surface area contributed by atoms with Gasteiger partial charge in [-0.1, -0.05) is 6.07 Å². The summed E-state index contributed by atoms with van der Waals surface area (Å²) in [7, 11) is 0. The molecule has 2 aromatic heterocycles. The summed E-state index contributed by atoms with van der Waals surface area (Å²) < 4.78 is 1.16. The van der Waals surface area contributed by atoms with Crippen LogP contribution < -0.4 is 5.32 Å². The Bertz CT molecular complexity index is 703. The van der Waals surface area contributed by atoms with Crippen LogP contribution in [0.25, 0.3) is 10.9 Å². The van der Waals surface area contributed by atoms with E-state index in [1.165, 1.54) is 4.88 Å². The zero-order valence-corrected chi connectivity index (χ0v) is 12.8. The molecule has 0 spiro atoms. The van der Waals surface area contributed by atoms with Crippen LogP contribution in [0, 0.1) is 0 Å². The molecule has 3 aromatic rings. The van der Waals surface area contributed by atoms with Gasteiger partial charge in [0.15, 0.2) is 0 Å². The van der Waals surface area contributed by atoms with Crippen LogP contribution in [-0.4, -0.2) is 4.98 Å². The van der Waals surface area contributed by atoms with Crippen molar-refractivity contribution in [2.75, 3.05) is 5.32 Å². The minimum Gasteiger partial charge on any atom is -0.377 e. The van der Waals surface area contributed by atoms with Crippen molar-refractivity contribution in [3.8, 4) is 0 Å². The molecule has 0 amide bonds. The Morgan fingerprint density at radius 2 is 2.11 bits per heavy atom. The van der Waals surface area contributed by atoms with Crippen LogP contribution in [0.4, 0.5) is 5.69 Å². The van der Waals surface area contributed by atoms with Gasteiger partial charge in [-0.2, -0.15) is 0 Å². The summed E-state index contributed by atoms with van der Waals surface area (Å²) in [5, 5.41) is 6.82. The summed E-state index contributed by atoms with van der Waals surface area (Å²) in [6.07, 6.45) is 1.82. The predicted octanol–water partition coefficient (Wildman–Crippen LogP) is 5.23. The molecule has 0 aliphatic carbocycles. The molecule has 0 aliphatic rings. The van der Waals surface area contributed by atoms with Crippen LogP contribution in [0.2, 0.25) is 0 Å². The molecular weight excluding hydrogens is 320 g/mol. The lowest BCUT2D eigenvalue weighted by Crippen LogP contribution is -2.05. The van der Waals surface area contributed by atoms with Crippen LogP contribution in [0.15, 0.2) is 52.4 Å². The van der Waals surface area contributed by atoms with Gasteiger partial charge in [0.2, 0.25) is 0 Å². The van der Waals surface area contributed by atoms with E-state index in [1.807, 2.05) is 24.4 Å². The second-order valence-electron chi connectivity index (χ2n) is 4.37. The average Bonchev–Trinajstić information content (AvgIpc) is 2.85. The number of anilines is 1. The Balaban J connectivity index is 1.96. The molecule has 1 atom stereocenters. The van der Waals surface area contributed by atoms with Crippen molar-refractivity contribution in [2.24, 2.45) is 0 Å². The fraction of sp³-hybridized carbons (Fsp3) is 0.133. The van der Waals surface area contributed by atoms with Gasteiger partial charge in [-0.3, -0.25) is 4.98 Å². The Labute approximate surface area is 124 Å². The third-order valence-corrected chi connectivity index (χ3v) is 5.11. The predicted molar refractivity (Wildman–Crippen MR) is 85.8 cm³/mol. The molecule has 2 heterocycles. The highest BCUT2D eigenvalue weighted by Gasteiger charge is 2.11. The van der Waals surface area contributed by atoms with Crippen molar-refractivity contribution < 1.29 is 0 Å². The minimum absolute atomic E-state index is 0.264. The zero-order chi connectivity index (χ0) is 13.2. The monoisotopic (exact) mass is 332 g/mol. The highest BCUT2D eigenvalue weighted by Crippen LogP contribution is 2.32. The van der Waals surface area contributed by atoms with Gasteiger partial charge in [0, 0.05) is 26.6 Å². The zero-order valence-electron chi connectivity index (χ0n) is 10.4. The van der Waals surface area contributed by atoms with E-state index in [9.17, 15) is 0 Å². The van der Waals surface area contributed by atoms with Crippen LogP contribution in [0.1, 0.15) is 17.8 Å². The van der Waals surface area contributed by atoms with E-state index in [0.29, 0.717) is 0 Å². The van der Waals surface area contributed by atoms with Crippen molar-refractivity contribution in [1.29, 1.82) is 0 Å². The van der Waals surface area contributed by atoms with E-state index in [2.05, 4.69) is 56.7 Å².